The quantitative estimate of drug-likeness (QED) is 0.858. The second-order valence-electron chi connectivity index (χ2n) is 7.73. The number of benzene rings is 2. The smallest absolute Gasteiger partial charge is 0.251 e. The first-order valence-electron chi connectivity index (χ1n) is 9.07. The molecule has 6 heteroatoms. The Morgan fingerprint density at radius 1 is 1.07 bits per heavy atom. The summed E-state index contributed by atoms with van der Waals surface area (Å²) in [7, 11) is -3.26. The molecule has 0 fully saturated rings. The standard InChI is InChI=1S/C21H26N2O3S/c1-21(2,23-13-12-16-6-4-5-7-18(16)14-23)15-22-20(24)17-8-10-19(11-9-17)27(3,25)26/h4-11H,12-15H2,1-3H3,(H,22,24). The first-order chi connectivity index (χ1) is 12.7. The van der Waals surface area contributed by atoms with Crippen molar-refractivity contribution >= 4 is 15.7 Å². The van der Waals surface area contributed by atoms with Crippen LogP contribution in [0.25, 0.3) is 0 Å². The SMILES string of the molecule is CC(C)(CNC(=O)c1ccc(S(C)(=O)=O)cc1)N1CCc2ccccc2C1. The second-order valence-corrected chi connectivity index (χ2v) is 9.75. The number of amides is 1. The van der Waals surface area contributed by atoms with Crippen molar-refractivity contribution in [2.75, 3.05) is 19.3 Å². The monoisotopic (exact) mass is 386 g/mol. The van der Waals surface area contributed by atoms with Gasteiger partial charge in [0.15, 0.2) is 9.84 Å². The number of sulfone groups is 1. The summed E-state index contributed by atoms with van der Waals surface area (Å²) < 4.78 is 23.1. The van der Waals surface area contributed by atoms with E-state index in [2.05, 4.69) is 48.3 Å². The van der Waals surface area contributed by atoms with Crippen molar-refractivity contribution in [1.82, 2.24) is 10.2 Å². The van der Waals surface area contributed by atoms with E-state index in [1.165, 1.54) is 23.3 Å². The molecule has 144 valence electrons. The first-order valence-corrected chi connectivity index (χ1v) is 11.0. The lowest BCUT2D eigenvalue weighted by molar-refractivity contribution is 0.0826. The molecule has 0 aliphatic carbocycles. The summed E-state index contributed by atoms with van der Waals surface area (Å²) in [6, 6.07) is 14.5. The summed E-state index contributed by atoms with van der Waals surface area (Å²) in [6.07, 6.45) is 2.17. The third-order valence-electron chi connectivity index (χ3n) is 5.21. The zero-order valence-electron chi connectivity index (χ0n) is 16.0. The fraction of sp³-hybridized carbons (Fsp3) is 0.381. The summed E-state index contributed by atoms with van der Waals surface area (Å²) in [5.74, 6) is -0.194. The van der Waals surface area contributed by atoms with Crippen LogP contribution in [0, 0.1) is 0 Å². The summed E-state index contributed by atoms with van der Waals surface area (Å²) in [5, 5.41) is 2.99. The molecule has 0 saturated carbocycles. The van der Waals surface area contributed by atoms with Crippen LogP contribution in [0.4, 0.5) is 0 Å². The fourth-order valence-corrected chi connectivity index (χ4v) is 4.01. The molecule has 0 spiro atoms. The van der Waals surface area contributed by atoms with Crippen LogP contribution < -0.4 is 5.32 Å². The lowest BCUT2D eigenvalue weighted by Gasteiger charge is -2.41. The van der Waals surface area contributed by atoms with E-state index in [-0.39, 0.29) is 16.3 Å². The number of fused-ring (bicyclic) bond motifs is 1. The minimum absolute atomic E-state index is 0.185. The maximum Gasteiger partial charge on any atom is 0.251 e. The van der Waals surface area contributed by atoms with E-state index in [1.54, 1.807) is 12.1 Å². The highest BCUT2D eigenvalue weighted by atomic mass is 32.2. The van der Waals surface area contributed by atoms with Crippen molar-refractivity contribution in [2.24, 2.45) is 0 Å². The van der Waals surface area contributed by atoms with Gasteiger partial charge in [0.05, 0.1) is 4.90 Å². The van der Waals surface area contributed by atoms with Gasteiger partial charge in [0.25, 0.3) is 5.91 Å². The van der Waals surface area contributed by atoms with Crippen LogP contribution in [-0.4, -0.2) is 44.1 Å². The van der Waals surface area contributed by atoms with Gasteiger partial charge in [-0.1, -0.05) is 24.3 Å². The fourth-order valence-electron chi connectivity index (χ4n) is 3.38. The highest BCUT2D eigenvalue weighted by molar-refractivity contribution is 7.90. The number of carbonyl (C=O) groups is 1. The Bertz CT molecular complexity index is 934. The van der Waals surface area contributed by atoms with Gasteiger partial charge in [0, 0.05) is 37.0 Å². The summed E-state index contributed by atoms with van der Waals surface area (Å²) in [4.78, 5) is 15.1. The van der Waals surface area contributed by atoms with Crippen molar-refractivity contribution in [3.8, 4) is 0 Å². The van der Waals surface area contributed by atoms with E-state index in [0.717, 1.165) is 25.8 Å². The molecule has 0 saturated heterocycles. The Morgan fingerprint density at radius 3 is 2.33 bits per heavy atom. The third-order valence-corrected chi connectivity index (χ3v) is 6.34. The Labute approximate surface area is 161 Å². The molecule has 0 aromatic heterocycles. The van der Waals surface area contributed by atoms with Gasteiger partial charge < -0.3 is 5.32 Å². The van der Waals surface area contributed by atoms with Gasteiger partial charge in [0.2, 0.25) is 0 Å². The van der Waals surface area contributed by atoms with Crippen LogP contribution in [0.5, 0.6) is 0 Å². The predicted octanol–water partition coefficient (Wildman–Crippen LogP) is 2.66. The normalized spacial score (nSPS) is 15.2. The van der Waals surface area contributed by atoms with Gasteiger partial charge in [-0.3, -0.25) is 9.69 Å². The molecule has 1 amide bonds. The van der Waals surface area contributed by atoms with Crippen LogP contribution in [0.3, 0.4) is 0 Å². The van der Waals surface area contributed by atoms with Crippen LogP contribution in [0.15, 0.2) is 53.4 Å². The Hall–Kier alpha value is -2.18. The van der Waals surface area contributed by atoms with Crippen molar-refractivity contribution in [2.45, 2.75) is 37.2 Å². The number of rotatable bonds is 5. The highest BCUT2D eigenvalue weighted by Crippen LogP contribution is 2.25. The summed E-state index contributed by atoms with van der Waals surface area (Å²) in [5.41, 5.74) is 3.02. The van der Waals surface area contributed by atoms with Crippen molar-refractivity contribution in [3.05, 3.63) is 65.2 Å². The van der Waals surface area contributed by atoms with Gasteiger partial charge in [-0.05, 0) is 55.7 Å². The molecule has 2 aromatic carbocycles. The van der Waals surface area contributed by atoms with Crippen molar-refractivity contribution in [1.29, 1.82) is 0 Å². The Balaban J connectivity index is 1.62. The first kappa shape index (κ1) is 19.6. The lowest BCUT2D eigenvalue weighted by atomic mass is 9.94. The van der Waals surface area contributed by atoms with E-state index in [0.29, 0.717) is 12.1 Å². The maximum atomic E-state index is 12.5. The van der Waals surface area contributed by atoms with Crippen LogP contribution in [-0.2, 0) is 22.8 Å². The molecule has 1 N–H and O–H groups in total. The molecule has 1 aliphatic heterocycles. The molecule has 0 atom stereocenters. The molecule has 1 aliphatic rings. The summed E-state index contributed by atoms with van der Waals surface area (Å²) >= 11 is 0. The zero-order chi connectivity index (χ0) is 19.7. The van der Waals surface area contributed by atoms with E-state index >= 15 is 0 Å². The average molecular weight is 387 g/mol. The Morgan fingerprint density at radius 2 is 1.70 bits per heavy atom. The highest BCUT2D eigenvalue weighted by Gasteiger charge is 2.30. The lowest BCUT2D eigenvalue weighted by Crippen LogP contribution is -2.53. The van der Waals surface area contributed by atoms with E-state index in [1.807, 2.05) is 0 Å². The number of carbonyl (C=O) groups excluding carboxylic acids is 1. The number of hydrogen-bond donors (Lipinski definition) is 1. The molecule has 2 aromatic rings. The van der Waals surface area contributed by atoms with E-state index < -0.39 is 9.84 Å². The van der Waals surface area contributed by atoms with Gasteiger partial charge in [-0.25, -0.2) is 8.42 Å². The van der Waals surface area contributed by atoms with Crippen molar-refractivity contribution in [3.63, 3.8) is 0 Å². The molecule has 5 nitrogen and oxygen atoms in total. The molecule has 0 unspecified atom stereocenters. The van der Waals surface area contributed by atoms with Crippen LogP contribution in [0.2, 0.25) is 0 Å². The number of nitrogens with zero attached hydrogens (tertiary/aromatic N) is 1. The molecular weight excluding hydrogens is 360 g/mol. The third kappa shape index (κ3) is 4.57. The molecule has 1 heterocycles. The molecule has 0 radical (unpaired) electrons. The number of nitrogens with one attached hydrogen (secondary N) is 1. The largest absolute Gasteiger partial charge is 0.350 e. The summed E-state index contributed by atoms with van der Waals surface area (Å²) in [6.45, 7) is 6.62. The topological polar surface area (TPSA) is 66.5 Å². The number of hydrogen-bond acceptors (Lipinski definition) is 4. The van der Waals surface area contributed by atoms with Gasteiger partial charge in [-0.2, -0.15) is 0 Å². The van der Waals surface area contributed by atoms with Gasteiger partial charge in [0.1, 0.15) is 0 Å². The van der Waals surface area contributed by atoms with Gasteiger partial charge >= 0.3 is 0 Å². The van der Waals surface area contributed by atoms with Gasteiger partial charge in [-0.15, -0.1) is 0 Å². The van der Waals surface area contributed by atoms with Crippen LogP contribution in [0.1, 0.15) is 35.3 Å². The van der Waals surface area contributed by atoms with E-state index in [9.17, 15) is 13.2 Å². The minimum Gasteiger partial charge on any atom is -0.350 e. The minimum atomic E-state index is -3.26. The molecule has 0 bridgehead atoms. The Kier molecular flexibility index (Phi) is 5.40. The maximum absolute atomic E-state index is 12.5. The second kappa shape index (κ2) is 7.44. The average Bonchev–Trinajstić information content (AvgIpc) is 2.65. The van der Waals surface area contributed by atoms with Crippen molar-refractivity contribution < 1.29 is 13.2 Å². The molecular formula is C21H26N2O3S. The van der Waals surface area contributed by atoms with E-state index in [4.69, 9.17) is 0 Å². The van der Waals surface area contributed by atoms with Crippen LogP contribution >= 0.6 is 0 Å². The molecule has 3 rings (SSSR count). The molecule has 27 heavy (non-hydrogen) atoms. The zero-order valence-corrected chi connectivity index (χ0v) is 16.8. The predicted molar refractivity (Wildman–Crippen MR) is 107 cm³/mol.